The van der Waals surface area contributed by atoms with Crippen molar-refractivity contribution in [2.75, 3.05) is 68.2 Å². The van der Waals surface area contributed by atoms with E-state index in [2.05, 4.69) is 77.7 Å². The normalized spacial score (nSPS) is 17.8. The van der Waals surface area contributed by atoms with Crippen LogP contribution in [0.15, 0.2) is 66.9 Å². The fourth-order valence-electron chi connectivity index (χ4n) is 7.90. The highest BCUT2D eigenvalue weighted by molar-refractivity contribution is 6.06. The van der Waals surface area contributed by atoms with Crippen molar-refractivity contribution in [3.05, 3.63) is 94.9 Å². The van der Waals surface area contributed by atoms with Crippen molar-refractivity contribution in [2.24, 2.45) is 12.5 Å². The summed E-state index contributed by atoms with van der Waals surface area (Å²) in [4.78, 5) is 43.3. The molecule has 4 aliphatic rings. The number of pyridine rings is 3. The van der Waals surface area contributed by atoms with Gasteiger partial charge >= 0.3 is 0 Å². The Morgan fingerprint density at radius 3 is 2.39 bits per heavy atom. The standard InChI is InChI=1S/C37H44N8O4.C3H8.C2H4.H2/c1-37(2)17-24-16-31-36(47)45(14-13-44(31)32(24)18-37)34-29(23-48-4)28(7-8-38-34)25-15-30(35(46)41(3)20-25)40-33-6-5-26(19-39-33)42-9-11-43(12-10-42)27-21-49-22-27;1-3-2;1-2;/h5-8,15-16,19-20,27H,9-14,17-18,21-23H2,1-4H3,(H,39,40);3H2,1-2H3;1-2H2;1H. The Hall–Kier alpha value is -4.78. The molecule has 12 heteroatoms. The number of ether oxygens (including phenoxy) is 2. The SMILES string of the molecule is C=C.CCC.COCc1c(-c2cc(Nc3ccc(N4CCN(C5COC5)CC4)cn3)c(=O)n(C)c2)ccnc1N1CCn2c(cc3c2CC(C)(C)C3)C1=O.[HH]. The van der Waals surface area contributed by atoms with E-state index < -0.39 is 0 Å². The maximum Gasteiger partial charge on any atom is 0.276 e. The minimum absolute atomic E-state index is 0. The largest absolute Gasteiger partial charge is 0.380 e. The van der Waals surface area contributed by atoms with E-state index in [-0.39, 0.29) is 24.9 Å². The van der Waals surface area contributed by atoms with Gasteiger partial charge in [-0.25, -0.2) is 9.97 Å². The number of anilines is 4. The predicted molar refractivity (Wildman–Crippen MR) is 218 cm³/mol. The zero-order valence-corrected chi connectivity index (χ0v) is 32.9. The Labute approximate surface area is 320 Å². The number of methoxy groups -OCH3 is 1. The molecule has 0 radical (unpaired) electrons. The van der Waals surface area contributed by atoms with Crippen molar-refractivity contribution in [1.82, 2.24) is 24.0 Å². The highest BCUT2D eigenvalue weighted by atomic mass is 16.5. The lowest BCUT2D eigenvalue weighted by atomic mass is 9.90. The number of hydrogen-bond acceptors (Lipinski definition) is 9. The molecular weight excluding hydrogens is 681 g/mol. The Morgan fingerprint density at radius 1 is 1.00 bits per heavy atom. The molecule has 7 heterocycles. The molecule has 0 atom stereocenters. The van der Waals surface area contributed by atoms with Crippen LogP contribution in [0.1, 0.15) is 62.9 Å². The molecule has 54 heavy (non-hydrogen) atoms. The van der Waals surface area contributed by atoms with Gasteiger partial charge < -0.3 is 28.8 Å². The first-order valence-corrected chi connectivity index (χ1v) is 19.1. The van der Waals surface area contributed by atoms with Crippen LogP contribution in [0.25, 0.3) is 11.1 Å². The highest BCUT2D eigenvalue weighted by Crippen LogP contribution is 2.40. The summed E-state index contributed by atoms with van der Waals surface area (Å²) < 4.78 is 14.8. The summed E-state index contributed by atoms with van der Waals surface area (Å²) in [5.74, 6) is 1.13. The molecule has 2 saturated heterocycles. The molecule has 0 saturated carbocycles. The Morgan fingerprint density at radius 2 is 1.74 bits per heavy atom. The number of fused-ring (bicyclic) bond motifs is 3. The van der Waals surface area contributed by atoms with Crippen LogP contribution in [0, 0.1) is 5.41 Å². The van der Waals surface area contributed by atoms with Gasteiger partial charge in [0, 0.05) is 84.1 Å². The lowest BCUT2D eigenvalue weighted by Crippen LogP contribution is -2.56. The van der Waals surface area contributed by atoms with Crippen molar-refractivity contribution < 1.29 is 15.7 Å². The van der Waals surface area contributed by atoms with E-state index in [1.165, 1.54) is 17.7 Å². The first-order chi connectivity index (χ1) is 26.1. The molecule has 12 nitrogen and oxygen atoms in total. The summed E-state index contributed by atoms with van der Waals surface area (Å²) in [6.07, 6.45) is 8.62. The maximum atomic E-state index is 14.0. The third-order valence-electron chi connectivity index (χ3n) is 10.5. The third-order valence-corrected chi connectivity index (χ3v) is 10.5. The Kier molecular flexibility index (Phi) is 12.0. The molecule has 290 valence electrons. The number of nitrogens with zero attached hydrogens (tertiary/aromatic N) is 7. The highest BCUT2D eigenvalue weighted by Gasteiger charge is 2.37. The summed E-state index contributed by atoms with van der Waals surface area (Å²) in [5, 5.41) is 3.26. The van der Waals surface area contributed by atoms with E-state index in [1.54, 1.807) is 29.8 Å². The van der Waals surface area contributed by atoms with Gasteiger partial charge in [-0.15, -0.1) is 13.2 Å². The lowest BCUT2D eigenvalue weighted by molar-refractivity contribution is -0.0660. The summed E-state index contributed by atoms with van der Waals surface area (Å²) in [5.41, 5.74) is 7.26. The van der Waals surface area contributed by atoms with Gasteiger partial charge in [-0.3, -0.25) is 19.4 Å². The molecule has 1 N–H and O–H groups in total. The second-order valence-corrected chi connectivity index (χ2v) is 15.2. The fraction of sp³-hybridized carbons (Fsp3) is 0.476. The zero-order chi connectivity index (χ0) is 38.6. The van der Waals surface area contributed by atoms with Crippen LogP contribution in [-0.2, 0) is 42.5 Å². The predicted octanol–water partition coefficient (Wildman–Crippen LogP) is 6.30. The molecular formula is C42H58N8O4. The molecule has 0 bridgehead atoms. The number of amides is 1. The van der Waals surface area contributed by atoms with E-state index in [4.69, 9.17) is 14.5 Å². The van der Waals surface area contributed by atoms with Gasteiger partial charge in [0.1, 0.15) is 23.0 Å². The quantitative estimate of drug-likeness (QED) is 0.208. The number of aryl methyl sites for hydroxylation is 1. The van der Waals surface area contributed by atoms with Crippen molar-refractivity contribution in [3.63, 3.8) is 0 Å². The van der Waals surface area contributed by atoms with Crippen molar-refractivity contribution in [3.8, 4) is 11.1 Å². The number of nitrogens with one attached hydrogen (secondary N) is 1. The van der Waals surface area contributed by atoms with Gasteiger partial charge in [-0.05, 0) is 59.7 Å². The number of carbonyl (C=O) groups is 1. The van der Waals surface area contributed by atoms with Crippen molar-refractivity contribution in [1.29, 1.82) is 0 Å². The number of rotatable bonds is 8. The number of aromatic nitrogens is 4. The van der Waals surface area contributed by atoms with Gasteiger partial charge in [-0.1, -0.05) is 34.1 Å². The molecule has 4 aromatic heterocycles. The number of piperazine rings is 1. The van der Waals surface area contributed by atoms with Gasteiger partial charge in [0.15, 0.2) is 0 Å². The topological polar surface area (TPSA) is 110 Å². The average Bonchev–Trinajstić information content (AvgIpc) is 3.64. The molecule has 0 unspecified atom stereocenters. The maximum absolute atomic E-state index is 14.0. The first-order valence-electron chi connectivity index (χ1n) is 19.1. The van der Waals surface area contributed by atoms with Gasteiger partial charge in [0.05, 0.1) is 37.7 Å². The summed E-state index contributed by atoms with van der Waals surface area (Å²) >= 11 is 0. The summed E-state index contributed by atoms with van der Waals surface area (Å²) in [6.45, 7) is 21.9. The fourth-order valence-corrected chi connectivity index (χ4v) is 7.90. The van der Waals surface area contributed by atoms with Gasteiger partial charge in [0.25, 0.3) is 11.5 Å². The van der Waals surface area contributed by atoms with Crippen LogP contribution in [-0.4, -0.2) is 89.0 Å². The van der Waals surface area contributed by atoms with Crippen LogP contribution >= 0.6 is 0 Å². The molecule has 1 aliphatic carbocycles. The Bertz CT molecular complexity index is 2000. The van der Waals surface area contributed by atoms with Crippen molar-refractivity contribution >= 4 is 28.9 Å². The minimum atomic E-state index is -0.170. The molecule has 1 amide bonds. The molecule has 8 rings (SSSR count). The Balaban J connectivity index is 0.000000923. The van der Waals surface area contributed by atoms with Crippen LogP contribution < -0.4 is 20.7 Å². The summed E-state index contributed by atoms with van der Waals surface area (Å²) in [7, 11) is 3.38. The third kappa shape index (κ3) is 7.87. The van der Waals surface area contributed by atoms with E-state index in [0.29, 0.717) is 29.9 Å². The van der Waals surface area contributed by atoms with E-state index in [0.717, 1.165) is 86.9 Å². The second-order valence-electron chi connectivity index (χ2n) is 15.2. The lowest BCUT2D eigenvalue weighted by Gasteiger charge is -2.43. The molecule has 0 aromatic carbocycles. The first kappa shape index (κ1) is 38.9. The monoisotopic (exact) mass is 738 g/mol. The van der Waals surface area contributed by atoms with Crippen LogP contribution in [0.2, 0.25) is 0 Å². The minimum Gasteiger partial charge on any atom is -0.380 e. The van der Waals surface area contributed by atoms with Crippen LogP contribution in [0.3, 0.4) is 0 Å². The van der Waals surface area contributed by atoms with Crippen molar-refractivity contribution in [2.45, 2.75) is 66.2 Å². The average molecular weight is 739 g/mol. The molecule has 0 spiro atoms. The molecule has 2 fully saturated rings. The number of hydrogen-bond donors (Lipinski definition) is 1. The zero-order valence-electron chi connectivity index (χ0n) is 32.9. The summed E-state index contributed by atoms with van der Waals surface area (Å²) in [6, 6.07) is 10.4. The van der Waals surface area contributed by atoms with E-state index >= 15 is 0 Å². The second kappa shape index (κ2) is 16.7. The van der Waals surface area contributed by atoms with Gasteiger partial charge in [0.2, 0.25) is 0 Å². The smallest absolute Gasteiger partial charge is 0.276 e. The number of carbonyl (C=O) groups excluding carboxylic acids is 1. The van der Waals surface area contributed by atoms with E-state index in [9.17, 15) is 9.59 Å². The van der Waals surface area contributed by atoms with Crippen LogP contribution in [0.4, 0.5) is 23.0 Å². The van der Waals surface area contributed by atoms with Gasteiger partial charge in [-0.2, -0.15) is 0 Å². The van der Waals surface area contributed by atoms with E-state index in [1.807, 2.05) is 30.6 Å². The molecule has 4 aromatic rings. The van der Waals surface area contributed by atoms with Crippen LogP contribution in [0.5, 0.6) is 0 Å². The molecule has 3 aliphatic heterocycles.